The highest BCUT2D eigenvalue weighted by Crippen LogP contribution is 2.41. The molecule has 0 bridgehead atoms. The van der Waals surface area contributed by atoms with E-state index in [1.54, 1.807) is 37.4 Å². The van der Waals surface area contributed by atoms with Crippen molar-refractivity contribution in [3.63, 3.8) is 0 Å². The van der Waals surface area contributed by atoms with Crippen LogP contribution in [-0.2, 0) is 4.74 Å². The zero-order chi connectivity index (χ0) is 27.9. The van der Waals surface area contributed by atoms with Crippen molar-refractivity contribution in [1.82, 2.24) is 24.5 Å². The summed E-state index contributed by atoms with van der Waals surface area (Å²) in [7, 11) is 1.57. The number of hydrogen-bond acceptors (Lipinski definition) is 5. The zero-order valence-electron chi connectivity index (χ0n) is 21.9. The molecule has 0 saturated carbocycles. The van der Waals surface area contributed by atoms with Crippen molar-refractivity contribution < 1.29 is 14.3 Å². The third kappa shape index (κ3) is 5.09. The molecule has 0 radical (unpaired) electrons. The molecule has 4 heterocycles. The predicted octanol–water partition coefficient (Wildman–Crippen LogP) is 6.73. The number of methoxy groups -OCH3 is 1. The van der Waals surface area contributed by atoms with Gasteiger partial charge in [0.1, 0.15) is 11.4 Å². The molecule has 1 atom stereocenters. The monoisotopic (exact) mass is 599 g/mol. The second-order valence-electron chi connectivity index (χ2n) is 10.2. The first kappa shape index (κ1) is 27.1. The molecule has 2 fully saturated rings. The van der Waals surface area contributed by atoms with Gasteiger partial charge in [0.2, 0.25) is 0 Å². The molecule has 2 aliphatic rings. The molecule has 4 aromatic rings. The van der Waals surface area contributed by atoms with Gasteiger partial charge < -0.3 is 18.9 Å². The number of carbonyl (C=O) groups is 1. The largest absolute Gasteiger partial charge is 0.496 e. The maximum Gasteiger partial charge on any atom is 0.257 e. The Hall–Kier alpha value is -3.04. The summed E-state index contributed by atoms with van der Waals surface area (Å²) in [5, 5.41) is 10.3. The summed E-state index contributed by atoms with van der Waals surface area (Å²) in [5.74, 6) is 0.394. The summed E-state index contributed by atoms with van der Waals surface area (Å²) in [6.45, 7) is 1.76. The Balaban J connectivity index is 1.15. The molecule has 1 spiro atoms. The van der Waals surface area contributed by atoms with Crippen molar-refractivity contribution in [3.8, 4) is 22.7 Å². The molecule has 208 valence electrons. The quantitative estimate of drug-likeness (QED) is 0.254. The Morgan fingerprint density at radius 1 is 1.05 bits per heavy atom. The Kier molecular flexibility index (Phi) is 7.52. The number of piperidine rings is 1. The molecule has 2 saturated heterocycles. The molecule has 1 unspecified atom stereocenters. The van der Waals surface area contributed by atoms with Gasteiger partial charge in [-0.05, 0) is 56.0 Å². The fraction of sp³-hybridized carbons (Fsp3) is 0.345. The van der Waals surface area contributed by atoms with Gasteiger partial charge in [-0.3, -0.25) is 4.79 Å². The molecule has 1 amide bonds. The smallest absolute Gasteiger partial charge is 0.257 e. The third-order valence-electron chi connectivity index (χ3n) is 7.91. The van der Waals surface area contributed by atoms with Crippen LogP contribution in [0.5, 0.6) is 5.75 Å². The third-order valence-corrected chi connectivity index (χ3v) is 8.85. The average Bonchev–Trinajstić information content (AvgIpc) is 3.66. The topological polar surface area (TPSA) is 74.4 Å². The summed E-state index contributed by atoms with van der Waals surface area (Å²) in [5.41, 5.74) is 2.21. The number of carbonyl (C=O) groups excluding carboxylic acids is 1. The number of benzene rings is 2. The molecule has 6 rings (SSSR count). The van der Waals surface area contributed by atoms with Crippen LogP contribution in [0.15, 0.2) is 61.1 Å². The van der Waals surface area contributed by atoms with Crippen molar-refractivity contribution in [3.05, 3.63) is 81.7 Å². The number of ether oxygens (including phenoxy) is 2. The van der Waals surface area contributed by atoms with Gasteiger partial charge in [0, 0.05) is 43.7 Å². The summed E-state index contributed by atoms with van der Waals surface area (Å²) < 4.78 is 15.7. The number of rotatable bonds is 5. The molecular weight excluding hydrogens is 573 g/mol. The lowest BCUT2D eigenvalue weighted by molar-refractivity contribution is -0.122. The first-order valence-corrected chi connectivity index (χ1v) is 14.3. The van der Waals surface area contributed by atoms with Crippen LogP contribution in [0.1, 0.15) is 42.1 Å². The SMILES string of the molecule is COc1cc(-n2cccc2)c(Cl)cc1C(=O)N1CCC2(CC1)CC(n1cc(-c3c(Cl)cccc3Cl)nn1)CCO2. The summed E-state index contributed by atoms with van der Waals surface area (Å²) >= 11 is 19.4. The first-order chi connectivity index (χ1) is 19.4. The molecular formula is C29H28Cl3N5O3. The van der Waals surface area contributed by atoms with Gasteiger partial charge in [-0.25, -0.2) is 4.68 Å². The molecule has 8 nitrogen and oxygen atoms in total. The number of aromatic nitrogens is 4. The Morgan fingerprint density at radius 3 is 2.48 bits per heavy atom. The maximum atomic E-state index is 13.6. The van der Waals surface area contributed by atoms with E-state index < -0.39 is 0 Å². The molecule has 11 heteroatoms. The van der Waals surface area contributed by atoms with E-state index in [1.807, 2.05) is 44.9 Å². The number of likely N-dealkylation sites (tertiary alicyclic amines) is 1. The van der Waals surface area contributed by atoms with E-state index in [4.69, 9.17) is 44.3 Å². The van der Waals surface area contributed by atoms with Crippen LogP contribution >= 0.6 is 34.8 Å². The Labute approximate surface area is 247 Å². The standard InChI is InChI=1S/C29H28Cl3N5O3/c1-39-26-16-25(35-10-2-3-11-35)23(32)15-20(26)28(38)36-12-8-29(9-13-36)17-19(7-14-40-29)37-18-24(33-34-37)27-21(30)5-4-6-22(27)31/h2-6,10-11,15-16,18-19H,7-9,12-14,17H2,1H3. The summed E-state index contributed by atoms with van der Waals surface area (Å²) in [6, 6.07) is 12.8. The van der Waals surface area contributed by atoms with Crippen LogP contribution in [0, 0.1) is 0 Å². The van der Waals surface area contributed by atoms with Crippen LogP contribution in [0.3, 0.4) is 0 Å². The number of halogens is 3. The fourth-order valence-corrected chi connectivity index (χ4v) is 6.60. The second-order valence-corrected chi connectivity index (χ2v) is 11.5. The van der Waals surface area contributed by atoms with Gasteiger partial charge >= 0.3 is 0 Å². The van der Waals surface area contributed by atoms with E-state index in [2.05, 4.69) is 10.3 Å². The summed E-state index contributed by atoms with van der Waals surface area (Å²) in [4.78, 5) is 15.4. The first-order valence-electron chi connectivity index (χ1n) is 13.2. The molecule has 2 aromatic heterocycles. The van der Waals surface area contributed by atoms with Crippen LogP contribution in [-0.4, -0.2) is 62.8 Å². The number of amides is 1. The minimum Gasteiger partial charge on any atom is -0.496 e. The van der Waals surface area contributed by atoms with E-state index in [0.29, 0.717) is 57.3 Å². The molecule has 0 aliphatic carbocycles. The van der Waals surface area contributed by atoms with E-state index in [0.717, 1.165) is 31.4 Å². The predicted molar refractivity (Wildman–Crippen MR) is 155 cm³/mol. The normalized spacial score (nSPS) is 18.7. The van der Waals surface area contributed by atoms with Gasteiger partial charge in [-0.2, -0.15) is 0 Å². The highest BCUT2D eigenvalue weighted by molar-refractivity contribution is 6.39. The minimum atomic E-state index is -0.326. The molecule has 2 aromatic carbocycles. The van der Waals surface area contributed by atoms with E-state index >= 15 is 0 Å². The van der Waals surface area contributed by atoms with Crippen molar-refractivity contribution in [2.24, 2.45) is 0 Å². The van der Waals surface area contributed by atoms with Crippen molar-refractivity contribution in [2.45, 2.75) is 37.3 Å². The van der Waals surface area contributed by atoms with Gasteiger partial charge in [0.05, 0.1) is 51.3 Å². The zero-order valence-corrected chi connectivity index (χ0v) is 24.2. The minimum absolute atomic E-state index is 0.0995. The highest BCUT2D eigenvalue weighted by Gasteiger charge is 2.42. The van der Waals surface area contributed by atoms with Gasteiger partial charge in [0.15, 0.2) is 0 Å². The van der Waals surface area contributed by atoms with E-state index in [1.165, 1.54) is 0 Å². The number of hydrogen-bond donors (Lipinski definition) is 0. The fourth-order valence-electron chi connectivity index (χ4n) is 5.75. The van der Waals surface area contributed by atoms with Crippen molar-refractivity contribution in [1.29, 1.82) is 0 Å². The van der Waals surface area contributed by atoms with Crippen LogP contribution in [0.2, 0.25) is 15.1 Å². The molecule has 2 aliphatic heterocycles. The Morgan fingerprint density at radius 2 is 1.77 bits per heavy atom. The Bertz CT molecular complexity index is 1510. The van der Waals surface area contributed by atoms with E-state index in [-0.39, 0.29) is 17.6 Å². The van der Waals surface area contributed by atoms with Gasteiger partial charge in [0.25, 0.3) is 5.91 Å². The maximum absolute atomic E-state index is 13.6. The molecule has 0 N–H and O–H groups in total. The van der Waals surface area contributed by atoms with Crippen molar-refractivity contribution >= 4 is 40.7 Å². The summed E-state index contributed by atoms with van der Waals surface area (Å²) in [6.07, 6.45) is 8.77. The average molecular weight is 601 g/mol. The van der Waals surface area contributed by atoms with Gasteiger partial charge in [-0.1, -0.05) is 46.1 Å². The van der Waals surface area contributed by atoms with Crippen LogP contribution < -0.4 is 4.74 Å². The lowest BCUT2D eigenvalue weighted by Gasteiger charge is -2.46. The lowest BCUT2D eigenvalue weighted by Crippen LogP contribution is -2.51. The van der Waals surface area contributed by atoms with Crippen LogP contribution in [0.4, 0.5) is 0 Å². The van der Waals surface area contributed by atoms with Crippen LogP contribution in [0.25, 0.3) is 16.9 Å². The van der Waals surface area contributed by atoms with Crippen molar-refractivity contribution in [2.75, 3.05) is 26.8 Å². The van der Waals surface area contributed by atoms with E-state index in [9.17, 15) is 4.79 Å². The lowest BCUT2D eigenvalue weighted by atomic mass is 9.82. The second kappa shape index (κ2) is 11.1. The van der Waals surface area contributed by atoms with Gasteiger partial charge in [-0.15, -0.1) is 5.10 Å². The molecule has 40 heavy (non-hydrogen) atoms. The number of nitrogens with zero attached hydrogens (tertiary/aromatic N) is 5. The highest BCUT2D eigenvalue weighted by atomic mass is 35.5.